The summed E-state index contributed by atoms with van der Waals surface area (Å²) in [7, 11) is -3.26. The first-order chi connectivity index (χ1) is 13.7. The van der Waals surface area contributed by atoms with E-state index in [1.54, 1.807) is 13.8 Å². The summed E-state index contributed by atoms with van der Waals surface area (Å²) < 4.78 is 32.4. The molecule has 0 radical (unpaired) electrons. The van der Waals surface area contributed by atoms with Crippen LogP contribution in [0, 0.1) is 5.92 Å². The number of nitrogens with one attached hydrogen (secondary N) is 2. The zero-order chi connectivity index (χ0) is 21.0. The van der Waals surface area contributed by atoms with E-state index in [1.165, 1.54) is 0 Å². The molecule has 8 heteroatoms. The van der Waals surface area contributed by atoms with Crippen molar-refractivity contribution >= 4 is 27.3 Å². The maximum Gasteiger partial charge on any atom is 0.227 e. The third-order valence-corrected chi connectivity index (χ3v) is 7.69. The quantitative estimate of drug-likeness (QED) is 0.735. The number of hydrogen-bond donors (Lipinski definition) is 2. The van der Waals surface area contributed by atoms with Crippen LogP contribution in [0.3, 0.4) is 0 Å². The van der Waals surface area contributed by atoms with Crippen LogP contribution in [0.4, 0.5) is 11.4 Å². The Morgan fingerprint density at radius 1 is 1.14 bits per heavy atom. The van der Waals surface area contributed by atoms with Crippen molar-refractivity contribution in [3.8, 4) is 0 Å². The Hall–Kier alpha value is -1.64. The molecule has 3 rings (SSSR count). The first-order valence-electron chi connectivity index (χ1n) is 10.5. The molecule has 29 heavy (non-hydrogen) atoms. The highest BCUT2D eigenvalue weighted by Gasteiger charge is 2.29. The molecule has 2 aliphatic rings. The van der Waals surface area contributed by atoms with Gasteiger partial charge >= 0.3 is 0 Å². The van der Waals surface area contributed by atoms with Crippen LogP contribution in [0.15, 0.2) is 24.3 Å². The topological polar surface area (TPSA) is 87.7 Å². The number of morpholine rings is 1. The number of benzene rings is 1. The van der Waals surface area contributed by atoms with Gasteiger partial charge in [0.05, 0.1) is 18.0 Å². The first-order valence-corrected chi connectivity index (χ1v) is 12.1. The highest BCUT2D eigenvalue weighted by Crippen LogP contribution is 2.27. The Kier molecular flexibility index (Phi) is 7.19. The molecule has 1 atom stereocenters. The molecule has 1 aromatic rings. The third kappa shape index (κ3) is 5.93. The summed E-state index contributed by atoms with van der Waals surface area (Å²) >= 11 is 0. The van der Waals surface area contributed by atoms with Crippen molar-refractivity contribution in [2.45, 2.75) is 63.9 Å². The number of anilines is 2. The molecule has 0 spiro atoms. The fraction of sp³-hybridized carbons (Fsp3) is 0.667. The van der Waals surface area contributed by atoms with Crippen LogP contribution in [0.2, 0.25) is 0 Å². The van der Waals surface area contributed by atoms with Crippen LogP contribution in [0.5, 0.6) is 0 Å². The number of rotatable bonds is 6. The first kappa shape index (κ1) is 22.1. The Bertz CT molecular complexity index is 787. The van der Waals surface area contributed by atoms with Gasteiger partial charge < -0.3 is 15.0 Å². The second kappa shape index (κ2) is 9.45. The van der Waals surface area contributed by atoms with Crippen molar-refractivity contribution < 1.29 is 17.9 Å². The third-order valence-electron chi connectivity index (χ3n) is 5.79. The normalized spacial score (nSPS) is 25.8. The number of amides is 1. The van der Waals surface area contributed by atoms with Crippen LogP contribution in [-0.2, 0) is 19.6 Å². The van der Waals surface area contributed by atoms with Crippen molar-refractivity contribution in [2.75, 3.05) is 29.9 Å². The Morgan fingerprint density at radius 2 is 1.79 bits per heavy atom. The summed E-state index contributed by atoms with van der Waals surface area (Å²) in [5, 5.41) is 2.57. The Labute approximate surface area is 174 Å². The lowest BCUT2D eigenvalue weighted by Crippen LogP contribution is -2.42. The number of hydrogen-bond acceptors (Lipinski definition) is 5. The van der Waals surface area contributed by atoms with Crippen molar-refractivity contribution in [1.82, 2.24) is 4.72 Å². The number of sulfonamides is 1. The number of carbonyl (C=O) groups is 1. The highest BCUT2D eigenvalue weighted by atomic mass is 32.2. The molecule has 1 saturated carbocycles. The molecule has 2 fully saturated rings. The number of ether oxygens (including phenoxy) is 1. The van der Waals surface area contributed by atoms with Crippen LogP contribution >= 0.6 is 0 Å². The molecule has 1 heterocycles. The van der Waals surface area contributed by atoms with Crippen molar-refractivity contribution in [3.63, 3.8) is 0 Å². The van der Waals surface area contributed by atoms with E-state index < -0.39 is 15.3 Å². The molecule has 1 aromatic carbocycles. The molecule has 0 bridgehead atoms. The zero-order valence-corrected chi connectivity index (χ0v) is 18.4. The average molecular weight is 424 g/mol. The lowest BCUT2D eigenvalue weighted by atomic mass is 9.86. The maximum atomic E-state index is 12.6. The molecule has 1 saturated heterocycles. The van der Waals surface area contributed by atoms with E-state index in [9.17, 15) is 13.2 Å². The summed E-state index contributed by atoms with van der Waals surface area (Å²) in [6, 6.07) is 7.88. The minimum absolute atomic E-state index is 0.0166. The summed E-state index contributed by atoms with van der Waals surface area (Å²) in [5.74, 6) is -0.0579. The summed E-state index contributed by atoms with van der Waals surface area (Å²) in [4.78, 5) is 14.9. The highest BCUT2D eigenvalue weighted by molar-refractivity contribution is 7.90. The summed E-state index contributed by atoms with van der Waals surface area (Å²) in [6.45, 7) is 7.90. The fourth-order valence-electron chi connectivity index (χ4n) is 3.89. The van der Waals surface area contributed by atoms with Crippen LogP contribution in [0.25, 0.3) is 0 Å². The van der Waals surface area contributed by atoms with Gasteiger partial charge in [0.1, 0.15) is 0 Å². The van der Waals surface area contributed by atoms with Gasteiger partial charge in [-0.2, -0.15) is 0 Å². The van der Waals surface area contributed by atoms with Gasteiger partial charge in [-0.1, -0.05) is 0 Å². The van der Waals surface area contributed by atoms with Crippen molar-refractivity contribution in [1.29, 1.82) is 0 Å². The smallest absolute Gasteiger partial charge is 0.227 e. The zero-order valence-electron chi connectivity index (χ0n) is 17.6. The molecule has 2 N–H and O–H groups in total. The second-order valence-electron chi connectivity index (χ2n) is 8.42. The Balaban J connectivity index is 1.48. The molecular weight excluding hydrogens is 390 g/mol. The minimum Gasteiger partial charge on any atom is -0.375 e. The fourth-order valence-corrected chi connectivity index (χ4v) is 4.87. The molecule has 1 aliphatic heterocycles. The van der Waals surface area contributed by atoms with E-state index >= 15 is 0 Å². The van der Waals surface area contributed by atoms with E-state index in [4.69, 9.17) is 4.74 Å². The monoisotopic (exact) mass is 423 g/mol. The second-order valence-corrected chi connectivity index (χ2v) is 10.7. The van der Waals surface area contributed by atoms with E-state index in [0.29, 0.717) is 25.7 Å². The van der Waals surface area contributed by atoms with Gasteiger partial charge in [0.15, 0.2) is 0 Å². The van der Waals surface area contributed by atoms with Crippen molar-refractivity contribution in [2.24, 2.45) is 5.92 Å². The molecule has 162 valence electrons. The van der Waals surface area contributed by atoms with Gasteiger partial charge in [0.2, 0.25) is 15.9 Å². The predicted octanol–water partition coefficient (Wildman–Crippen LogP) is 2.74. The molecule has 0 aromatic heterocycles. The van der Waals surface area contributed by atoms with Crippen molar-refractivity contribution in [3.05, 3.63) is 24.3 Å². The molecule has 0 unspecified atom stereocenters. The van der Waals surface area contributed by atoms with E-state index in [0.717, 1.165) is 31.1 Å². The van der Waals surface area contributed by atoms with Gasteiger partial charge in [0.25, 0.3) is 0 Å². The molecular formula is C21H33N3O4S. The molecule has 7 nitrogen and oxygen atoms in total. The SMILES string of the molecule is CC(C)S(=O)(=O)N[C@H]1CC[C@H](C(=O)Nc2ccc(N3CCO[C@H](C)C3)cc2)CC1. The standard InChI is InChI=1S/C21H33N3O4S/c1-15(2)29(26,27)23-19-6-4-17(5-7-19)21(25)22-18-8-10-20(11-9-18)24-12-13-28-16(3)14-24/h8-11,15-17,19,23H,4-7,12-14H2,1-3H3,(H,22,25)/t16-,17-,19-/m1/s1. The van der Waals surface area contributed by atoms with Gasteiger partial charge in [-0.25, -0.2) is 13.1 Å². The largest absolute Gasteiger partial charge is 0.375 e. The summed E-state index contributed by atoms with van der Waals surface area (Å²) in [5.41, 5.74) is 1.93. The van der Waals surface area contributed by atoms with Crippen LogP contribution in [-0.4, -0.2) is 51.4 Å². The predicted molar refractivity (Wildman–Crippen MR) is 116 cm³/mol. The number of carbonyl (C=O) groups excluding carboxylic acids is 1. The Morgan fingerprint density at radius 3 is 2.38 bits per heavy atom. The molecule has 1 amide bonds. The maximum absolute atomic E-state index is 12.6. The van der Waals surface area contributed by atoms with E-state index in [-0.39, 0.29) is 24.0 Å². The number of nitrogens with zero attached hydrogens (tertiary/aromatic N) is 1. The van der Waals surface area contributed by atoms with Gasteiger partial charge in [-0.15, -0.1) is 0 Å². The molecule has 1 aliphatic carbocycles. The van der Waals surface area contributed by atoms with Crippen LogP contribution in [0.1, 0.15) is 46.5 Å². The summed E-state index contributed by atoms with van der Waals surface area (Å²) in [6.07, 6.45) is 3.00. The van der Waals surface area contributed by atoms with Gasteiger partial charge in [0, 0.05) is 36.4 Å². The van der Waals surface area contributed by atoms with Crippen LogP contribution < -0.4 is 14.9 Å². The average Bonchev–Trinajstić information content (AvgIpc) is 2.68. The lowest BCUT2D eigenvalue weighted by molar-refractivity contribution is -0.120. The minimum atomic E-state index is -3.26. The van der Waals surface area contributed by atoms with Gasteiger partial charge in [-0.05, 0) is 70.7 Å². The van der Waals surface area contributed by atoms with E-state index in [2.05, 4.69) is 21.9 Å². The van der Waals surface area contributed by atoms with Gasteiger partial charge in [-0.3, -0.25) is 4.79 Å². The van der Waals surface area contributed by atoms with E-state index in [1.807, 2.05) is 24.3 Å². The lowest BCUT2D eigenvalue weighted by Gasteiger charge is -2.33.